The quantitative estimate of drug-likeness (QED) is 0.798. The first kappa shape index (κ1) is 18.5. The molecule has 1 aliphatic carbocycles. The summed E-state index contributed by atoms with van der Waals surface area (Å²) < 4.78 is 5.92. The Balaban J connectivity index is 1.31. The zero-order valence-corrected chi connectivity index (χ0v) is 16.3. The van der Waals surface area contributed by atoms with Crippen LogP contribution in [0.25, 0.3) is 0 Å². The van der Waals surface area contributed by atoms with Gasteiger partial charge in [0.05, 0.1) is 5.56 Å². The van der Waals surface area contributed by atoms with Crippen molar-refractivity contribution in [1.82, 2.24) is 9.88 Å². The first-order valence-electron chi connectivity index (χ1n) is 10.1. The van der Waals surface area contributed by atoms with Crippen LogP contribution >= 0.6 is 0 Å². The monoisotopic (exact) mass is 378 g/mol. The number of amides is 1. The number of furan rings is 1. The van der Waals surface area contributed by atoms with E-state index in [0.717, 1.165) is 42.8 Å². The zero-order chi connectivity index (χ0) is 19.5. The molecule has 0 aromatic carbocycles. The standard InChI is InChI=1S/C22H26N4O2/c1-16-14-19(16)20-7-5-18(28-20)6-8-21(27)25-10-3-11-26(13-12-25)22-17(15-23)4-2-9-24-22/h2,4-5,7,9,16,19H,3,6,8,10-14H2,1H3/t16-,19-/m1/s1. The van der Waals surface area contributed by atoms with Crippen molar-refractivity contribution in [3.8, 4) is 6.07 Å². The predicted molar refractivity (Wildman–Crippen MR) is 106 cm³/mol. The van der Waals surface area contributed by atoms with E-state index in [1.54, 1.807) is 18.3 Å². The summed E-state index contributed by atoms with van der Waals surface area (Å²) in [5, 5.41) is 9.30. The SMILES string of the molecule is C[C@@H]1C[C@H]1c1ccc(CCC(=O)N2CCCN(c3ncccc3C#N)CC2)o1. The molecule has 2 aliphatic rings. The number of hydrogen-bond donors (Lipinski definition) is 0. The van der Waals surface area contributed by atoms with Crippen LogP contribution in [0, 0.1) is 17.2 Å². The van der Waals surface area contributed by atoms with Gasteiger partial charge < -0.3 is 14.2 Å². The lowest BCUT2D eigenvalue weighted by molar-refractivity contribution is -0.131. The van der Waals surface area contributed by atoms with Crippen molar-refractivity contribution in [1.29, 1.82) is 5.26 Å². The molecule has 3 heterocycles. The van der Waals surface area contributed by atoms with Crippen LogP contribution in [0.2, 0.25) is 0 Å². The molecule has 2 aromatic rings. The Bertz CT molecular complexity index is 885. The van der Waals surface area contributed by atoms with E-state index in [1.807, 2.05) is 11.0 Å². The Hall–Kier alpha value is -2.81. The molecule has 2 atom stereocenters. The second-order valence-electron chi connectivity index (χ2n) is 7.83. The summed E-state index contributed by atoms with van der Waals surface area (Å²) in [6.07, 6.45) is 4.92. The number of pyridine rings is 1. The first-order valence-corrected chi connectivity index (χ1v) is 10.1. The molecule has 1 saturated carbocycles. The number of rotatable bonds is 5. The fourth-order valence-corrected chi connectivity index (χ4v) is 3.95. The van der Waals surface area contributed by atoms with Gasteiger partial charge in [-0.25, -0.2) is 4.98 Å². The molecule has 4 rings (SSSR count). The van der Waals surface area contributed by atoms with E-state index in [2.05, 4.69) is 28.9 Å². The molecule has 0 bridgehead atoms. The lowest BCUT2D eigenvalue weighted by Gasteiger charge is -2.23. The molecule has 28 heavy (non-hydrogen) atoms. The molecule has 1 amide bonds. The second kappa shape index (κ2) is 8.05. The third-order valence-corrected chi connectivity index (χ3v) is 5.80. The van der Waals surface area contributed by atoms with Gasteiger partial charge >= 0.3 is 0 Å². The Morgan fingerprint density at radius 2 is 2.14 bits per heavy atom. The average Bonchev–Trinajstić information content (AvgIpc) is 3.35. The van der Waals surface area contributed by atoms with Crippen molar-refractivity contribution in [3.63, 3.8) is 0 Å². The predicted octanol–water partition coefficient (Wildman–Crippen LogP) is 3.34. The van der Waals surface area contributed by atoms with E-state index in [9.17, 15) is 10.1 Å². The Morgan fingerprint density at radius 3 is 2.93 bits per heavy atom. The summed E-state index contributed by atoms with van der Waals surface area (Å²) in [6.45, 7) is 5.14. The minimum atomic E-state index is 0.168. The van der Waals surface area contributed by atoms with Crippen molar-refractivity contribution in [2.75, 3.05) is 31.1 Å². The van der Waals surface area contributed by atoms with E-state index in [-0.39, 0.29) is 5.91 Å². The minimum absolute atomic E-state index is 0.168. The molecule has 0 unspecified atom stereocenters. The van der Waals surface area contributed by atoms with Crippen molar-refractivity contribution in [2.45, 2.75) is 38.5 Å². The summed E-state index contributed by atoms with van der Waals surface area (Å²) in [7, 11) is 0. The highest BCUT2D eigenvalue weighted by Crippen LogP contribution is 2.47. The Morgan fingerprint density at radius 1 is 1.29 bits per heavy atom. The molecule has 1 saturated heterocycles. The molecule has 2 aromatic heterocycles. The van der Waals surface area contributed by atoms with Gasteiger partial charge in [-0.15, -0.1) is 0 Å². The molecule has 6 heteroatoms. The van der Waals surface area contributed by atoms with Gasteiger partial charge in [-0.2, -0.15) is 5.26 Å². The number of anilines is 1. The van der Waals surface area contributed by atoms with Crippen LogP contribution < -0.4 is 4.90 Å². The van der Waals surface area contributed by atoms with Crippen molar-refractivity contribution < 1.29 is 9.21 Å². The summed E-state index contributed by atoms with van der Waals surface area (Å²) in [5.74, 6) is 4.17. The Labute approximate surface area is 165 Å². The summed E-state index contributed by atoms with van der Waals surface area (Å²) >= 11 is 0. The molecule has 0 spiro atoms. The average molecular weight is 378 g/mol. The summed E-state index contributed by atoms with van der Waals surface area (Å²) in [6, 6.07) is 9.86. The highest BCUT2D eigenvalue weighted by atomic mass is 16.3. The molecular weight excluding hydrogens is 352 g/mol. The highest BCUT2D eigenvalue weighted by Gasteiger charge is 2.36. The first-order chi connectivity index (χ1) is 13.7. The van der Waals surface area contributed by atoms with Gasteiger partial charge in [-0.3, -0.25) is 4.79 Å². The molecule has 2 fully saturated rings. The lowest BCUT2D eigenvalue weighted by Crippen LogP contribution is -2.35. The summed E-state index contributed by atoms with van der Waals surface area (Å²) in [5.41, 5.74) is 0.584. The van der Waals surface area contributed by atoms with Crippen molar-refractivity contribution in [3.05, 3.63) is 47.5 Å². The molecule has 0 N–H and O–H groups in total. The molecule has 0 radical (unpaired) electrons. The van der Waals surface area contributed by atoms with E-state index in [0.29, 0.717) is 37.4 Å². The lowest BCUT2D eigenvalue weighted by atomic mass is 10.2. The second-order valence-corrected chi connectivity index (χ2v) is 7.83. The van der Waals surface area contributed by atoms with E-state index >= 15 is 0 Å². The number of carbonyl (C=O) groups is 1. The van der Waals surface area contributed by atoms with Crippen LogP contribution in [-0.2, 0) is 11.2 Å². The van der Waals surface area contributed by atoms with Gasteiger partial charge in [0.2, 0.25) is 5.91 Å². The highest BCUT2D eigenvalue weighted by molar-refractivity contribution is 5.76. The molecular formula is C22H26N4O2. The van der Waals surface area contributed by atoms with Gasteiger partial charge in [-0.1, -0.05) is 6.92 Å². The third kappa shape index (κ3) is 4.04. The van der Waals surface area contributed by atoms with Gasteiger partial charge in [0.1, 0.15) is 23.4 Å². The number of carbonyl (C=O) groups excluding carboxylic acids is 1. The zero-order valence-electron chi connectivity index (χ0n) is 16.3. The fraction of sp³-hybridized carbons (Fsp3) is 0.500. The van der Waals surface area contributed by atoms with Crippen LogP contribution in [0.4, 0.5) is 5.82 Å². The van der Waals surface area contributed by atoms with Gasteiger partial charge in [0, 0.05) is 51.1 Å². The number of nitriles is 1. The molecule has 1 aliphatic heterocycles. The van der Waals surface area contributed by atoms with Crippen LogP contribution in [0.1, 0.15) is 49.2 Å². The van der Waals surface area contributed by atoms with Gasteiger partial charge in [-0.05, 0) is 43.0 Å². The topological polar surface area (TPSA) is 73.4 Å². The van der Waals surface area contributed by atoms with Crippen LogP contribution in [0.3, 0.4) is 0 Å². The number of aromatic nitrogens is 1. The Kier molecular flexibility index (Phi) is 5.34. The van der Waals surface area contributed by atoms with Crippen molar-refractivity contribution >= 4 is 11.7 Å². The maximum absolute atomic E-state index is 12.7. The minimum Gasteiger partial charge on any atom is -0.466 e. The van der Waals surface area contributed by atoms with Gasteiger partial charge in [0.15, 0.2) is 0 Å². The van der Waals surface area contributed by atoms with E-state index in [4.69, 9.17) is 4.42 Å². The van der Waals surface area contributed by atoms with E-state index < -0.39 is 0 Å². The van der Waals surface area contributed by atoms with Crippen LogP contribution in [0.15, 0.2) is 34.9 Å². The maximum Gasteiger partial charge on any atom is 0.223 e. The molecule has 6 nitrogen and oxygen atoms in total. The normalized spacial score (nSPS) is 21.9. The van der Waals surface area contributed by atoms with Crippen molar-refractivity contribution in [2.24, 2.45) is 5.92 Å². The number of nitrogens with zero attached hydrogens (tertiary/aromatic N) is 4. The van der Waals surface area contributed by atoms with Crippen LogP contribution in [0.5, 0.6) is 0 Å². The number of hydrogen-bond acceptors (Lipinski definition) is 5. The van der Waals surface area contributed by atoms with Gasteiger partial charge in [0.25, 0.3) is 0 Å². The summed E-state index contributed by atoms with van der Waals surface area (Å²) in [4.78, 5) is 21.1. The van der Waals surface area contributed by atoms with E-state index in [1.165, 1.54) is 6.42 Å². The smallest absolute Gasteiger partial charge is 0.223 e. The third-order valence-electron chi connectivity index (χ3n) is 5.80. The van der Waals surface area contributed by atoms with Crippen LogP contribution in [-0.4, -0.2) is 42.0 Å². The molecule has 146 valence electrons. The fourth-order valence-electron chi connectivity index (χ4n) is 3.95. The largest absolute Gasteiger partial charge is 0.466 e. The number of aryl methyl sites for hydroxylation is 1. The maximum atomic E-state index is 12.7.